The first-order chi connectivity index (χ1) is 10.1. The minimum atomic E-state index is -0.243. The maximum Gasteiger partial charge on any atom is 0.124 e. The third kappa shape index (κ3) is 5.30. The summed E-state index contributed by atoms with van der Waals surface area (Å²) in [5.74, 6) is 0.521. The van der Waals surface area contributed by atoms with Gasteiger partial charge in [-0.05, 0) is 61.5 Å². The van der Waals surface area contributed by atoms with Gasteiger partial charge in [0.25, 0.3) is 0 Å². The SMILES string of the molecule is CNC(COc1ccc(Cl)cc1)Cc1cc(F)cc(Br)c1. The molecule has 0 aliphatic heterocycles. The molecule has 0 spiro atoms. The second-order valence-electron chi connectivity index (χ2n) is 4.73. The fourth-order valence-electron chi connectivity index (χ4n) is 1.99. The molecule has 0 heterocycles. The standard InChI is InChI=1S/C16H16BrClFNO/c1-20-15(8-11-6-12(17)9-14(19)7-11)10-21-16-4-2-13(18)3-5-16/h2-7,9,15,20H,8,10H2,1H3. The van der Waals surface area contributed by atoms with Gasteiger partial charge in [-0.1, -0.05) is 27.5 Å². The Morgan fingerprint density at radius 2 is 1.95 bits per heavy atom. The third-order valence-corrected chi connectivity index (χ3v) is 3.79. The number of ether oxygens (including phenoxy) is 1. The smallest absolute Gasteiger partial charge is 0.124 e. The van der Waals surface area contributed by atoms with E-state index in [9.17, 15) is 4.39 Å². The Bertz CT molecular complexity index is 571. The molecule has 5 heteroatoms. The molecule has 112 valence electrons. The zero-order valence-electron chi connectivity index (χ0n) is 11.6. The number of nitrogens with one attached hydrogen (secondary N) is 1. The molecule has 0 saturated heterocycles. The molecule has 2 rings (SSSR count). The van der Waals surface area contributed by atoms with Crippen LogP contribution in [0.4, 0.5) is 4.39 Å². The van der Waals surface area contributed by atoms with Crippen molar-refractivity contribution >= 4 is 27.5 Å². The summed E-state index contributed by atoms with van der Waals surface area (Å²) in [6.07, 6.45) is 0.681. The molecule has 0 aromatic heterocycles. The summed E-state index contributed by atoms with van der Waals surface area (Å²) >= 11 is 9.13. The predicted octanol–water partition coefficient (Wildman–Crippen LogP) is 4.45. The largest absolute Gasteiger partial charge is 0.492 e. The molecule has 0 saturated carbocycles. The number of likely N-dealkylation sites (N-methyl/N-ethyl adjacent to an activating group) is 1. The number of rotatable bonds is 6. The second kappa shape index (κ2) is 7.78. The molecule has 1 unspecified atom stereocenters. The normalized spacial score (nSPS) is 12.2. The van der Waals surface area contributed by atoms with E-state index in [4.69, 9.17) is 16.3 Å². The topological polar surface area (TPSA) is 21.3 Å². The maximum absolute atomic E-state index is 13.4. The molecule has 1 N–H and O–H groups in total. The highest BCUT2D eigenvalue weighted by Gasteiger charge is 2.10. The highest BCUT2D eigenvalue weighted by Crippen LogP contribution is 2.18. The van der Waals surface area contributed by atoms with Crippen molar-refractivity contribution in [1.82, 2.24) is 5.32 Å². The summed E-state index contributed by atoms with van der Waals surface area (Å²) in [5.41, 5.74) is 0.918. The van der Waals surface area contributed by atoms with Crippen LogP contribution in [0.3, 0.4) is 0 Å². The second-order valence-corrected chi connectivity index (χ2v) is 6.08. The van der Waals surface area contributed by atoms with Gasteiger partial charge in [-0.2, -0.15) is 0 Å². The van der Waals surface area contributed by atoms with Crippen molar-refractivity contribution in [3.8, 4) is 5.75 Å². The first-order valence-electron chi connectivity index (χ1n) is 6.57. The Balaban J connectivity index is 1.95. The van der Waals surface area contributed by atoms with E-state index >= 15 is 0 Å². The van der Waals surface area contributed by atoms with Crippen molar-refractivity contribution < 1.29 is 9.13 Å². The zero-order chi connectivity index (χ0) is 15.2. The average molecular weight is 373 g/mol. The minimum absolute atomic E-state index is 0.0920. The van der Waals surface area contributed by atoms with Crippen LogP contribution in [0, 0.1) is 5.82 Å². The first-order valence-corrected chi connectivity index (χ1v) is 7.74. The van der Waals surface area contributed by atoms with Crippen LogP contribution in [0.15, 0.2) is 46.9 Å². The lowest BCUT2D eigenvalue weighted by atomic mass is 10.1. The van der Waals surface area contributed by atoms with E-state index < -0.39 is 0 Å². The fraction of sp³-hybridized carbons (Fsp3) is 0.250. The summed E-state index contributed by atoms with van der Waals surface area (Å²) < 4.78 is 19.8. The fourth-order valence-corrected chi connectivity index (χ4v) is 2.62. The Hall–Kier alpha value is -1.10. The average Bonchev–Trinajstić information content (AvgIpc) is 2.44. The van der Waals surface area contributed by atoms with Crippen molar-refractivity contribution in [3.63, 3.8) is 0 Å². The summed E-state index contributed by atoms with van der Waals surface area (Å²) in [7, 11) is 1.87. The van der Waals surface area contributed by atoms with Crippen LogP contribution in [0.2, 0.25) is 5.02 Å². The quantitative estimate of drug-likeness (QED) is 0.809. The third-order valence-electron chi connectivity index (χ3n) is 3.08. The predicted molar refractivity (Wildman–Crippen MR) is 87.6 cm³/mol. The van der Waals surface area contributed by atoms with Crippen LogP contribution in [-0.4, -0.2) is 19.7 Å². The van der Waals surface area contributed by atoms with Crippen molar-refractivity contribution in [2.75, 3.05) is 13.7 Å². The Kier molecular flexibility index (Phi) is 6.03. The summed E-state index contributed by atoms with van der Waals surface area (Å²) in [6, 6.07) is 12.2. The van der Waals surface area contributed by atoms with Crippen molar-refractivity contribution in [3.05, 3.63) is 63.3 Å². The Labute approximate surface area is 137 Å². The molecule has 2 aromatic rings. The molecular weight excluding hydrogens is 357 g/mol. The molecule has 0 bridgehead atoms. The molecular formula is C16H16BrClFNO. The van der Waals surface area contributed by atoms with Gasteiger partial charge in [-0.25, -0.2) is 4.39 Å². The zero-order valence-corrected chi connectivity index (χ0v) is 13.9. The minimum Gasteiger partial charge on any atom is -0.492 e. The first kappa shape index (κ1) is 16.3. The van der Waals surface area contributed by atoms with Gasteiger partial charge in [0.05, 0.1) is 0 Å². The van der Waals surface area contributed by atoms with Gasteiger partial charge >= 0.3 is 0 Å². The summed E-state index contributed by atoms with van der Waals surface area (Å²) in [5, 5.41) is 3.86. The molecule has 0 radical (unpaired) electrons. The highest BCUT2D eigenvalue weighted by atomic mass is 79.9. The van der Waals surface area contributed by atoms with E-state index in [1.54, 1.807) is 12.1 Å². The monoisotopic (exact) mass is 371 g/mol. The van der Waals surface area contributed by atoms with Crippen LogP contribution in [0.25, 0.3) is 0 Å². The molecule has 0 fully saturated rings. The lowest BCUT2D eigenvalue weighted by Gasteiger charge is -2.17. The molecule has 0 aliphatic carbocycles. The van der Waals surface area contributed by atoms with Gasteiger partial charge in [0, 0.05) is 15.5 Å². The van der Waals surface area contributed by atoms with Gasteiger partial charge in [0.1, 0.15) is 18.2 Å². The van der Waals surface area contributed by atoms with Crippen LogP contribution >= 0.6 is 27.5 Å². The van der Waals surface area contributed by atoms with Crippen LogP contribution in [-0.2, 0) is 6.42 Å². The lowest BCUT2D eigenvalue weighted by Crippen LogP contribution is -2.33. The molecule has 1 atom stereocenters. The van der Waals surface area contributed by atoms with E-state index in [1.807, 2.05) is 25.2 Å². The number of hydrogen-bond acceptors (Lipinski definition) is 2. The van der Waals surface area contributed by atoms with Crippen LogP contribution < -0.4 is 10.1 Å². The van der Waals surface area contributed by atoms with Gasteiger partial charge in [0.2, 0.25) is 0 Å². The van der Waals surface area contributed by atoms with Crippen LogP contribution in [0.5, 0.6) is 5.75 Å². The molecule has 2 aromatic carbocycles. The number of hydrogen-bond donors (Lipinski definition) is 1. The van der Waals surface area contributed by atoms with Gasteiger partial charge in [0.15, 0.2) is 0 Å². The number of benzene rings is 2. The maximum atomic E-state index is 13.4. The number of halogens is 3. The molecule has 2 nitrogen and oxygen atoms in total. The van der Waals surface area contributed by atoms with E-state index in [-0.39, 0.29) is 11.9 Å². The lowest BCUT2D eigenvalue weighted by molar-refractivity contribution is 0.269. The van der Waals surface area contributed by atoms with Gasteiger partial charge < -0.3 is 10.1 Å². The van der Waals surface area contributed by atoms with Gasteiger partial charge in [-0.15, -0.1) is 0 Å². The van der Waals surface area contributed by atoms with E-state index in [0.29, 0.717) is 18.1 Å². The van der Waals surface area contributed by atoms with Crippen LogP contribution in [0.1, 0.15) is 5.56 Å². The van der Waals surface area contributed by atoms with E-state index in [0.717, 1.165) is 15.8 Å². The summed E-state index contributed by atoms with van der Waals surface area (Å²) in [6.45, 7) is 0.492. The highest BCUT2D eigenvalue weighted by molar-refractivity contribution is 9.10. The van der Waals surface area contributed by atoms with Crippen molar-refractivity contribution in [1.29, 1.82) is 0 Å². The van der Waals surface area contributed by atoms with Gasteiger partial charge in [-0.3, -0.25) is 0 Å². The molecule has 0 aliphatic rings. The van der Waals surface area contributed by atoms with Crippen molar-refractivity contribution in [2.24, 2.45) is 0 Å². The molecule has 21 heavy (non-hydrogen) atoms. The Morgan fingerprint density at radius 3 is 2.57 bits per heavy atom. The molecule has 0 amide bonds. The summed E-state index contributed by atoms with van der Waals surface area (Å²) in [4.78, 5) is 0. The Morgan fingerprint density at radius 1 is 1.24 bits per heavy atom. The van der Waals surface area contributed by atoms with Crippen molar-refractivity contribution in [2.45, 2.75) is 12.5 Å². The van der Waals surface area contributed by atoms with E-state index in [2.05, 4.69) is 21.2 Å². The van der Waals surface area contributed by atoms with E-state index in [1.165, 1.54) is 12.1 Å².